The Labute approximate surface area is 62.7 Å². The fourth-order valence-corrected chi connectivity index (χ4v) is 1.41. The van der Waals surface area contributed by atoms with Gasteiger partial charge in [-0.2, -0.15) is 0 Å². The third-order valence-corrected chi connectivity index (χ3v) is 1.98. The lowest BCUT2D eigenvalue weighted by Crippen LogP contribution is -1.88. The molecule has 0 aromatic carbocycles. The summed E-state index contributed by atoms with van der Waals surface area (Å²) in [6.07, 6.45) is 1.30. The summed E-state index contributed by atoms with van der Waals surface area (Å²) in [5.74, 6) is 2.06. The highest BCUT2D eigenvalue weighted by Gasteiger charge is 1.92. The van der Waals surface area contributed by atoms with Gasteiger partial charge in [0.15, 0.2) is 0 Å². The van der Waals surface area contributed by atoms with Crippen molar-refractivity contribution < 1.29 is 0 Å². The predicted octanol–water partition coefficient (Wildman–Crippen LogP) is 3.30. The van der Waals surface area contributed by atoms with Crippen molar-refractivity contribution in [2.24, 2.45) is 5.92 Å². The van der Waals surface area contributed by atoms with Gasteiger partial charge in [-0.1, -0.05) is 20.4 Å². The first-order valence-electron chi connectivity index (χ1n) is 3.41. The molecule has 0 fully saturated rings. The van der Waals surface area contributed by atoms with Crippen LogP contribution in [0.1, 0.15) is 27.2 Å². The highest BCUT2D eigenvalue weighted by atomic mass is 32.2. The molecule has 0 bridgehead atoms. The number of hydrogen-bond acceptors (Lipinski definition) is 1. The summed E-state index contributed by atoms with van der Waals surface area (Å²) in [5.41, 5.74) is 0. The highest BCUT2D eigenvalue weighted by Crippen LogP contribution is 2.15. The van der Waals surface area contributed by atoms with E-state index in [1.165, 1.54) is 17.1 Å². The van der Waals surface area contributed by atoms with Gasteiger partial charge in [-0.3, -0.25) is 0 Å². The lowest BCUT2D eigenvalue weighted by atomic mass is 10.2. The van der Waals surface area contributed by atoms with E-state index in [1.54, 1.807) is 0 Å². The molecule has 0 aliphatic rings. The Kier molecular flexibility index (Phi) is 4.97. The van der Waals surface area contributed by atoms with Crippen LogP contribution in [0.15, 0.2) is 11.5 Å². The molecule has 0 saturated heterocycles. The third kappa shape index (κ3) is 8.09. The Bertz CT molecular complexity index is 84.6. The van der Waals surface area contributed by atoms with E-state index >= 15 is 0 Å². The molecule has 0 saturated carbocycles. The number of thioether (sulfide) groups is 1. The zero-order valence-corrected chi connectivity index (χ0v) is 7.42. The highest BCUT2D eigenvalue weighted by molar-refractivity contribution is 8.03. The molecular formula is C8H16S. The van der Waals surface area contributed by atoms with Crippen molar-refractivity contribution in [1.29, 1.82) is 0 Å². The third-order valence-electron chi connectivity index (χ3n) is 1.04. The Morgan fingerprint density at radius 1 is 1.56 bits per heavy atom. The van der Waals surface area contributed by atoms with Crippen LogP contribution in [0.4, 0.5) is 0 Å². The molecule has 0 aliphatic carbocycles. The van der Waals surface area contributed by atoms with Crippen LogP contribution in [-0.2, 0) is 0 Å². The minimum Gasteiger partial charge on any atom is -0.132 e. The minimum atomic E-state index is 0.830. The van der Waals surface area contributed by atoms with Crippen LogP contribution in [0.3, 0.4) is 0 Å². The standard InChI is InChI=1S/C8H16S/c1-7(2)5-6-9-8(3)4/h7H,3,5-6H2,1-2,4H3. The smallest absolute Gasteiger partial charge is 0.00211 e. The maximum absolute atomic E-state index is 3.81. The molecule has 0 radical (unpaired) electrons. The van der Waals surface area contributed by atoms with Crippen LogP contribution in [0, 0.1) is 5.92 Å². The first-order valence-corrected chi connectivity index (χ1v) is 4.39. The van der Waals surface area contributed by atoms with Crippen LogP contribution in [0.2, 0.25) is 0 Å². The van der Waals surface area contributed by atoms with Gasteiger partial charge in [0.2, 0.25) is 0 Å². The van der Waals surface area contributed by atoms with E-state index < -0.39 is 0 Å². The maximum Gasteiger partial charge on any atom is -0.00211 e. The quantitative estimate of drug-likeness (QED) is 0.583. The van der Waals surface area contributed by atoms with Gasteiger partial charge in [-0.05, 0) is 29.9 Å². The number of rotatable bonds is 4. The average Bonchev–Trinajstić information content (AvgIpc) is 1.63. The number of allylic oxidation sites excluding steroid dienone is 1. The second kappa shape index (κ2) is 4.92. The van der Waals surface area contributed by atoms with Crippen molar-refractivity contribution in [2.45, 2.75) is 27.2 Å². The number of hydrogen-bond donors (Lipinski definition) is 0. The van der Waals surface area contributed by atoms with Crippen molar-refractivity contribution in [3.05, 3.63) is 11.5 Å². The first kappa shape index (κ1) is 9.09. The molecule has 0 N–H and O–H groups in total. The van der Waals surface area contributed by atoms with Crippen LogP contribution in [0.25, 0.3) is 0 Å². The summed E-state index contributed by atoms with van der Waals surface area (Å²) in [5, 5.41) is 0. The van der Waals surface area contributed by atoms with Gasteiger partial charge < -0.3 is 0 Å². The molecule has 0 atom stereocenters. The van der Waals surface area contributed by atoms with Crippen LogP contribution in [0.5, 0.6) is 0 Å². The Balaban J connectivity index is 3.01. The second-order valence-corrected chi connectivity index (χ2v) is 4.13. The van der Waals surface area contributed by atoms with E-state index in [1.807, 2.05) is 11.8 Å². The summed E-state index contributed by atoms with van der Waals surface area (Å²) in [7, 11) is 0. The summed E-state index contributed by atoms with van der Waals surface area (Å²) < 4.78 is 0. The zero-order chi connectivity index (χ0) is 7.28. The van der Waals surface area contributed by atoms with Gasteiger partial charge in [0.1, 0.15) is 0 Å². The lowest BCUT2D eigenvalue weighted by molar-refractivity contribution is 0.632. The first-order chi connectivity index (χ1) is 4.13. The van der Waals surface area contributed by atoms with E-state index in [-0.39, 0.29) is 0 Å². The molecule has 54 valence electrons. The van der Waals surface area contributed by atoms with E-state index in [9.17, 15) is 0 Å². The molecule has 0 unspecified atom stereocenters. The molecule has 0 spiro atoms. The van der Waals surface area contributed by atoms with Crippen LogP contribution < -0.4 is 0 Å². The largest absolute Gasteiger partial charge is 0.132 e. The molecular weight excluding hydrogens is 128 g/mol. The van der Waals surface area contributed by atoms with Gasteiger partial charge >= 0.3 is 0 Å². The van der Waals surface area contributed by atoms with Gasteiger partial charge in [0.05, 0.1) is 0 Å². The average molecular weight is 144 g/mol. The minimum absolute atomic E-state index is 0.830. The summed E-state index contributed by atoms with van der Waals surface area (Å²) >= 11 is 1.87. The van der Waals surface area contributed by atoms with E-state index in [2.05, 4.69) is 27.4 Å². The second-order valence-electron chi connectivity index (χ2n) is 2.73. The topological polar surface area (TPSA) is 0 Å². The molecule has 0 nitrogen and oxygen atoms in total. The molecule has 1 heteroatoms. The SMILES string of the molecule is C=C(C)SCCC(C)C. The van der Waals surface area contributed by atoms with Gasteiger partial charge in [-0.15, -0.1) is 11.8 Å². The summed E-state index contributed by atoms with van der Waals surface area (Å²) in [4.78, 5) is 1.23. The van der Waals surface area contributed by atoms with Gasteiger partial charge in [0.25, 0.3) is 0 Å². The molecule has 0 heterocycles. The predicted molar refractivity (Wildman–Crippen MR) is 46.7 cm³/mol. The maximum atomic E-state index is 3.81. The van der Waals surface area contributed by atoms with E-state index in [4.69, 9.17) is 0 Å². The molecule has 0 aromatic heterocycles. The molecule has 0 aromatic rings. The van der Waals surface area contributed by atoms with E-state index in [0.29, 0.717) is 0 Å². The molecule has 0 aliphatic heterocycles. The van der Waals surface area contributed by atoms with Crippen molar-refractivity contribution in [3.63, 3.8) is 0 Å². The fourth-order valence-electron chi connectivity index (χ4n) is 0.469. The molecule has 0 amide bonds. The fraction of sp³-hybridized carbons (Fsp3) is 0.750. The van der Waals surface area contributed by atoms with Crippen molar-refractivity contribution in [3.8, 4) is 0 Å². The normalized spacial score (nSPS) is 10.2. The zero-order valence-electron chi connectivity index (χ0n) is 6.61. The molecule has 0 rings (SSSR count). The Morgan fingerprint density at radius 3 is 2.44 bits per heavy atom. The van der Waals surface area contributed by atoms with E-state index in [0.717, 1.165) is 5.92 Å². The summed E-state index contributed by atoms with van der Waals surface area (Å²) in [6, 6.07) is 0. The van der Waals surface area contributed by atoms with Crippen molar-refractivity contribution in [1.82, 2.24) is 0 Å². The van der Waals surface area contributed by atoms with Crippen LogP contribution in [-0.4, -0.2) is 5.75 Å². The lowest BCUT2D eigenvalue weighted by Gasteiger charge is -2.02. The van der Waals surface area contributed by atoms with Crippen LogP contribution >= 0.6 is 11.8 Å². The monoisotopic (exact) mass is 144 g/mol. The van der Waals surface area contributed by atoms with Crippen molar-refractivity contribution >= 4 is 11.8 Å². The Morgan fingerprint density at radius 2 is 2.11 bits per heavy atom. The van der Waals surface area contributed by atoms with Gasteiger partial charge in [0, 0.05) is 0 Å². The molecule has 9 heavy (non-hydrogen) atoms. The van der Waals surface area contributed by atoms with Crippen molar-refractivity contribution in [2.75, 3.05) is 5.75 Å². The summed E-state index contributed by atoms with van der Waals surface area (Å²) in [6.45, 7) is 10.4. The van der Waals surface area contributed by atoms with Gasteiger partial charge in [-0.25, -0.2) is 0 Å². The Hall–Kier alpha value is 0.0900.